The second-order valence-electron chi connectivity index (χ2n) is 4.80. The minimum Gasteiger partial charge on any atom is -0.326 e. The summed E-state index contributed by atoms with van der Waals surface area (Å²) < 4.78 is 0. The fourth-order valence-corrected chi connectivity index (χ4v) is 2.35. The maximum absolute atomic E-state index is 11.8. The van der Waals surface area contributed by atoms with Crippen LogP contribution in [-0.2, 0) is 9.59 Å². The van der Waals surface area contributed by atoms with Gasteiger partial charge in [-0.1, -0.05) is 40.9 Å². The van der Waals surface area contributed by atoms with Crippen LogP contribution in [0.5, 0.6) is 0 Å². The Bertz CT molecular complexity index is 680. The number of benzene rings is 2. The number of nitrogens with one attached hydrogen (secondary N) is 2. The van der Waals surface area contributed by atoms with Crippen molar-refractivity contribution in [1.82, 2.24) is 0 Å². The van der Waals surface area contributed by atoms with Crippen LogP contribution in [-0.4, -0.2) is 11.8 Å². The van der Waals surface area contributed by atoms with Gasteiger partial charge in [-0.05, 0) is 37.3 Å². The van der Waals surface area contributed by atoms with Crippen molar-refractivity contribution in [3.63, 3.8) is 0 Å². The molecule has 2 rings (SSSR count). The second-order valence-corrected chi connectivity index (χ2v) is 5.67. The van der Waals surface area contributed by atoms with E-state index in [1.54, 1.807) is 30.3 Å². The Morgan fingerprint density at radius 3 is 1.91 bits per heavy atom. The third-order valence-electron chi connectivity index (χ3n) is 2.80. The number of aryl methyl sites for hydroxylation is 1. The molecule has 6 heteroatoms. The van der Waals surface area contributed by atoms with Gasteiger partial charge in [0.05, 0.1) is 0 Å². The lowest BCUT2D eigenvalue weighted by Crippen LogP contribution is -2.21. The molecular weight excluding hydrogens is 323 g/mol. The van der Waals surface area contributed by atoms with Gasteiger partial charge in [-0.3, -0.25) is 9.59 Å². The monoisotopic (exact) mass is 336 g/mol. The van der Waals surface area contributed by atoms with Crippen LogP contribution in [0.2, 0.25) is 10.0 Å². The van der Waals surface area contributed by atoms with Crippen LogP contribution in [0.25, 0.3) is 0 Å². The molecule has 0 aliphatic rings. The number of hydrogen-bond acceptors (Lipinski definition) is 2. The first-order chi connectivity index (χ1) is 10.4. The molecular formula is C16H14Cl2N2O2. The average molecular weight is 337 g/mol. The summed E-state index contributed by atoms with van der Waals surface area (Å²) in [5, 5.41) is 6.06. The van der Waals surface area contributed by atoms with Crippen LogP contribution in [0.1, 0.15) is 12.0 Å². The molecule has 114 valence electrons. The average Bonchev–Trinajstić information content (AvgIpc) is 2.39. The zero-order valence-electron chi connectivity index (χ0n) is 11.8. The lowest BCUT2D eigenvalue weighted by molar-refractivity contribution is -0.123. The molecule has 4 nitrogen and oxygen atoms in total. The quantitative estimate of drug-likeness (QED) is 0.819. The molecule has 0 aromatic heterocycles. The van der Waals surface area contributed by atoms with Gasteiger partial charge in [0, 0.05) is 21.4 Å². The Hall–Kier alpha value is -2.04. The van der Waals surface area contributed by atoms with Crippen molar-refractivity contribution >= 4 is 46.4 Å². The lowest BCUT2D eigenvalue weighted by atomic mass is 10.2. The van der Waals surface area contributed by atoms with E-state index in [-0.39, 0.29) is 6.42 Å². The molecule has 0 aliphatic carbocycles. The third kappa shape index (κ3) is 5.06. The highest BCUT2D eigenvalue weighted by molar-refractivity contribution is 6.35. The van der Waals surface area contributed by atoms with Gasteiger partial charge in [0.25, 0.3) is 0 Å². The maximum Gasteiger partial charge on any atom is 0.233 e. The van der Waals surface area contributed by atoms with Crippen molar-refractivity contribution in [2.24, 2.45) is 0 Å². The van der Waals surface area contributed by atoms with Crippen molar-refractivity contribution in [2.75, 3.05) is 10.6 Å². The molecule has 0 saturated carbocycles. The second kappa shape index (κ2) is 7.29. The number of anilines is 2. The Morgan fingerprint density at radius 1 is 0.864 bits per heavy atom. The number of amides is 2. The topological polar surface area (TPSA) is 58.2 Å². The molecule has 0 unspecified atom stereocenters. The lowest BCUT2D eigenvalue weighted by Gasteiger charge is -2.07. The highest BCUT2D eigenvalue weighted by Gasteiger charge is 2.10. The highest BCUT2D eigenvalue weighted by atomic mass is 35.5. The SMILES string of the molecule is Cc1ccc(NC(=O)CC(=O)Nc2cc(Cl)cc(Cl)c2)cc1. The minimum absolute atomic E-state index is 0.294. The summed E-state index contributed by atoms with van der Waals surface area (Å²) in [5.74, 6) is -0.836. The zero-order chi connectivity index (χ0) is 16.1. The molecule has 0 radical (unpaired) electrons. The van der Waals surface area contributed by atoms with Crippen molar-refractivity contribution in [2.45, 2.75) is 13.3 Å². The van der Waals surface area contributed by atoms with E-state index in [4.69, 9.17) is 23.2 Å². The summed E-state index contributed by atoms with van der Waals surface area (Å²) in [5.41, 5.74) is 2.19. The number of hydrogen-bond donors (Lipinski definition) is 2. The summed E-state index contributed by atoms with van der Waals surface area (Å²) in [6.45, 7) is 1.95. The molecule has 0 atom stereocenters. The number of carbonyl (C=O) groups is 2. The van der Waals surface area contributed by atoms with Gasteiger partial charge >= 0.3 is 0 Å². The van der Waals surface area contributed by atoms with E-state index in [0.717, 1.165) is 5.56 Å². The predicted octanol–water partition coefficient (Wildman–Crippen LogP) is 4.27. The van der Waals surface area contributed by atoms with Gasteiger partial charge in [-0.15, -0.1) is 0 Å². The fourth-order valence-electron chi connectivity index (χ4n) is 1.82. The maximum atomic E-state index is 11.8. The normalized spacial score (nSPS) is 10.1. The zero-order valence-corrected chi connectivity index (χ0v) is 13.3. The smallest absolute Gasteiger partial charge is 0.233 e. The van der Waals surface area contributed by atoms with Crippen LogP contribution in [0.4, 0.5) is 11.4 Å². The van der Waals surface area contributed by atoms with E-state index in [1.807, 2.05) is 19.1 Å². The van der Waals surface area contributed by atoms with Crippen LogP contribution in [0, 0.1) is 6.92 Å². The van der Waals surface area contributed by atoms with Gasteiger partial charge in [0.2, 0.25) is 11.8 Å². The van der Waals surface area contributed by atoms with E-state index in [1.165, 1.54) is 0 Å². The molecule has 0 spiro atoms. The molecule has 2 aromatic carbocycles. The first kappa shape index (κ1) is 16.3. The van der Waals surface area contributed by atoms with Gasteiger partial charge < -0.3 is 10.6 Å². The third-order valence-corrected chi connectivity index (χ3v) is 3.24. The molecule has 2 amide bonds. The number of carbonyl (C=O) groups excluding carboxylic acids is 2. The molecule has 0 aliphatic heterocycles. The van der Waals surface area contributed by atoms with Crippen LogP contribution in [0.15, 0.2) is 42.5 Å². The summed E-state index contributed by atoms with van der Waals surface area (Å²) in [7, 11) is 0. The van der Waals surface area contributed by atoms with Crippen molar-refractivity contribution in [3.05, 3.63) is 58.1 Å². The molecule has 0 saturated heterocycles. The first-order valence-corrected chi connectivity index (χ1v) is 7.30. The molecule has 2 N–H and O–H groups in total. The van der Waals surface area contributed by atoms with Crippen LogP contribution >= 0.6 is 23.2 Å². The van der Waals surface area contributed by atoms with E-state index in [0.29, 0.717) is 21.4 Å². The van der Waals surface area contributed by atoms with E-state index in [9.17, 15) is 9.59 Å². The fraction of sp³-hybridized carbons (Fsp3) is 0.125. The van der Waals surface area contributed by atoms with Crippen molar-refractivity contribution in [1.29, 1.82) is 0 Å². The standard InChI is InChI=1S/C16H14Cl2N2O2/c1-10-2-4-13(5-3-10)19-15(21)9-16(22)20-14-7-11(17)6-12(18)8-14/h2-8H,9H2,1H3,(H,19,21)(H,20,22). The van der Waals surface area contributed by atoms with Crippen LogP contribution in [0.3, 0.4) is 0 Å². The molecule has 0 heterocycles. The minimum atomic E-state index is -0.442. The predicted molar refractivity (Wildman–Crippen MR) is 89.5 cm³/mol. The molecule has 22 heavy (non-hydrogen) atoms. The van der Waals surface area contributed by atoms with E-state index >= 15 is 0 Å². The molecule has 0 bridgehead atoms. The Labute approximate surface area is 138 Å². The van der Waals surface area contributed by atoms with Gasteiger partial charge in [0.1, 0.15) is 6.42 Å². The van der Waals surface area contributed by atoms with Gasteiger partial charge in [-0.25, -0.2) is 0 Å². The first-order valence-electron chi connectivity index (χ1n) is 6.55. The number of halogens is 2. The van der Waals surface area contributed by atoms with E-state index < -0.39 is 11.8 Å². The Morgan fingerprint density at radius 2 is 1.36 bits per heavy atom. The summed E-state index contributed by atoms with van der Waals surface area (Å²) >= 11 is 11.7. The highest BCUT2D eigenvalue weighted by Crippen LogP contribution is 2.22. The number of rotatable bonds is 4. The molecule has 0 fully saturated rings. The summed E-state index contributed by atoms with van der Waals surface area (Å²) in [6.07, 6.45) is -0.294. The van der Waals surface area contributed by atoms with Crippen molar-refractivity contribution in [3.8, 4) is 0 Å². The largest absolute Gasteiger partial charge is 0.326 e. The Balaban J connectivity index is 1.91. The van der Waals surface area contributed by atoms with Gasteiger partial charge in [-0.2, -0.15) is 0 Å². The summed E-state index contributed by atoms with van der Waals surface area (Å²) in [6, 6.07) is 12.0. The van der Waals surface area contributed by atoms with Crippen molar-refractivity contribution < 1.29 is 9.59 Å². The Kier molecular flexibility index (Phi) is 5.41. The van der Waals surface area contributed by atoms with Gasteiger partial charge in [0.15, 0.2) is 0 Å². The molecule has 2 aromatic rings. The summed E-state index contributed by atoms with van der Waals surface area (Å²) in [4.78, 5) is 23.6. The van der Waals surface area contributed by atoms with Crippen LogP contribution < -0.4 is 10.6 Å². The van der Waals surface area contributed by atoms with E-state index in [2.05, 4.69) is 10.6 Å².